The summed E-state index contributed by atoms with van der Waals surface area (Å²) in [6.07, 6.45) is 2.35. The Morgan fingerprint density at radius 2 is 2.05 bits per heavy atom. The SMILES string of the molecule is CCCNC1CC(Oc2ccccc2C)C1OCCOC. The van der Waals surface area contributed by atoms with E-state index in [0.29, 0.717) is 19.3 Å². The Labute approximate surface area is 127 Å². The van der Waals surface area contributed by atoms with Gasteiger partial charge in [-0.15, -0.1) is 0 Å². The molecule has 1 aromatic rings. The number of benzene rings is 1. The first-order valence-corrected chi connectivity index (χ1v) is 7.82. The van der Waals surface area contributed by atoms with Gasteiger partial charge in [-0.1, -0.05) is 25.1 Å². The summed E-state index contributed by atoms with van der Waals surface area (Å²) in [4.78, 5) is 0. The molecule has 1 fully saturated rings. The number of hydrogen-bond donors (Lipinski definition) is 1. The zero-order chi connectivity index (χ0) is 15.1. The zero-order valence-electron chi connectivity index (χ0n) is 13.3. The van der Waals surface area contributed by atoms with Crippen molar-refractivity contribution in [1.82, 2.24) is 5.32 Å². The van der Waals surface area contributed by atoms with Crippen LogP contribution in [-0.4, -0.2) is 45.1 Å². The summed E-state index contributed by atoms with van der Waals surface area (Å²) < 4.78 is 17.1. The summed E-state index contributed by atoms with van der Waals surface area (Å²) >= 11 is 0. The van der Waals surface area contributed by atoms with Gasteiger partial charge in [0.05, 0.1) is 13.2 Å². The zero-order valence-corrected chi connectivity index (χ0v) is 13.3. The summed E-state index contributed by atoms with van der Waals surface area (Å²) in [7, 11) is 1.69. The molecule has 0 amide bonds. The van der Waals surface area contributed by atoms with Crippen LogP contribution >= 0.6 is 0 Å². The van der Waals surface area contributed by atoms with Gasteiger partial charge in [-0.3, -0.25) is 0 Å². The molecule has 3 atom stereocenters. The molecule has 1 aliphatic carbocycles. The smallest absolute Gasteiger partial charge is 0.128 e. The molecule has 1 saturated carbocycles. The minimum atomic E-state index is 0.103. The van der Waals surface area contributed by atoms with Gasteiger partial charge >= 0.3 is 0 Å². The molecule has 0 aliphatic heterocycles. The molecule has 2 rings (SSSR count). The molecule has 3 unspecified atom stereocenters. The van der Waals surface area contributed by atoms with Crippen molar-refractivity contribution in [2.75, 3.05) is 26.9 Å². The van der Waals surface area contributed by atoms with Crippen LogP contribution in [0.4, 0.5) is 0 Å². The van der Waals surface area contributed by atoms with Crippen LogP contribution in [-0.2, 0) is 9.47 Å². The van der Waals surface area contributed by atoms with E-state index in [2.05, 4.69) is 25.2 Å². The van der Waals surface area contributed by atoms with Crippen molar-refractivity contribution in [3.05, 3.63) is 29.8 Å². The van der Waals surface area contributed by atoms with Crippen LogP contribution in [0.15, 0.2) is 24.3 Å². The van der Waals surface area contributed by atoms with Crippen LogP contribution in [0.3, 0.4) is 0 Å². The van der Waals surface area contributed by atoms with Crippen LogP contribution in [0.25, 0.3) is 0 Å². The minimum Gasteiger partial charge on any atom is -0.487 e. The summed E-state index contributed by atoms with van der Waals surface area (Å²) in [5, 5.41) is 3.53. The van der Waals surface area contributed by atoms with Crippen molar-refractivity contribution >= 4 is 0 Å². The highest BCUT2D eigenvalue weighted by Crippen LogP contribution is 2.30. The third kappa shape index (κ3) is 4.43. The molecule has 0 heterocycles. The largest absolute Gasteiger partial charge is 0.487 e. The van der Waals surface area contributed by atoms with Gasteiger partial charge in [-0.25, -0.2) is 0 Å². The lowest BCUT2D eigenvalue weighted by molar-refractivity contribution is -0.115. The molecule has 4 nitrogen and oxygen atoms in total. The van der Waals surface area contributed by atoms with E-state index in [1.165, 1.54) is 0 Å². The third-order valence-electron chi connectivity index (χ3n) is 3.88. The number of ether oxygens (including phenoxy) is 3. The lowest BCUT2D eigenvalue weighted by Gasteiger charge is -2.44. The molecule has 0 spiro atoms. The van der Waals surface area contributed by atoms with E-state index in [4.69, 9.17) is 14.2 Å². The van der Waals surface area contributed by atoms with Crippen molar-refractivity contribution in [3.8, 4) is 5.75 Å². The Morgan fingerprint density at radius 3 is 2.76 bits per heavy atom. The van der Waals surface area contributed by atoms with Crippen LogP contribution in [0.1, 0.15) is 25.3 Å². The van der Waals surface area contributed by atoms with Gasteiger partial charge in [0.2, 0.25) is 0 Å². The lowest BCUT2D eigenvalue weighted by Crippen LogP contribution is -2.61. The first kappa shape index (κ1) is 16.3. The van der Waals surface area contributed by atoms with Gasteiger partial charge in [0.15, 0.2) is 0 Å². The molecule has 1 N–H and O–H groups in total. The topological polar surface area (TPSA) is 39.7 Å². The fraction of sp³-hybridized carbons (Fsp3) is 0.647. The van der Waals surface area contributed by atoms with Crippen molar-refractivity contribution in [1.29, 1.82) is 0 Å². The van der Waals surface area contributed by atoms with Crippen LogP contribution in [0, 0.1) is 6.92 Å². The van der Waals surface area contributed by atoms with Crippen molar-refractivity contribution in [2.45, 2.75) is 44.9 Å². The van der Waals surface area contributed by atoms with Gasteiger partial charge in [0.25, 0.3) is 0 Å². The van der Waals surface area contributed by atoms with Crippen molar-refractivity contribution in [2.24, 2.45) is 0 Å². The summed E-state index contributed by atoms with van der Waals surface area (Å²) in [6, 6.07) is 8.52. The fourth-order valence-corrected chi connectivity index (χ4v) is 2.57. The second-order valence-corrected chi connectivity index (χ2v) is 5.55. The van der Waals surface area contributed by atoms with Gasteiger partial charge in [-0.2, -0.15) is 0 Å². The Bertz CT molecular complexity index is 424. The van der Waals surface area contributed by atoms with Crippen molar-refractivity contribution < 1.29 is 14.2 Å². The maximum absolute atomic E-state index is 6.13. The highest BCUT2D eigenvalue weighted by Gasteiger charge is 2.43. The van der Waals surface area contributed by atoms with E-state index in [9.17, 15) is 0 Å². The Morgan fingerprint density at radius 1 is 1.24 bits per heavy atom. The number of methoxy groups -OCH3 is 1. The Hall–Kier alpha value is -1.10. The van der Waals surface area contributed by atoms with Gasteiger partial charge in [-0.05, 0) is 31.5 Å². The Balaban J connectivity index is 1.90. The van der Waals surface area contributed by atoms with E-state index < -0.39 is 0 Å². The van der Waals surface area contributed by atoms with Crippen LogP contribution in [0.2, 0.25) is 0 Å². The van der Waals surface area contributed by atoms with Gasteiger partial charge in [0.1, 0.15) is 18.0 Å². The maximum atomic E-state index is 6.13. The molecule has 0 saturated heterocycles. The highest BCUT2D eigenvalue weighted by atomic mass is 16.6. The monoisotopic (exact) mass is 293 g/mol. The first-order valence-electron chi connectivity index (χ1n) is 7.82. The standard InChI is InChI=1S/C17H27NO3/c1-4-9-18-14-12-16(17(14)20-11-10-19-3)21-15-8-6-5-7-13(15)2/h5-8,14,16-18H,4,9-12H2,1-3H3. The second-order valence-electron chi connectivity index (χ2n) is 5.55. The molecule has 1 aromatic carbocycles. The maximum Gasteiger partial charge on any atom is 0.128 e. The van der Waals surface area contributed by atoms with Crippen LogP contribution in [0.5, 0.6) is 5.75 Å². The number of rotatable bonds is 9. The predicted octanol–water partition coefficient (Wildman–Crippen LogP) is 2.55. The average molecular weight is 293 g/mol. The highest BCUT2D eigenvalue weighted by molar-refractivity contribution is 5.32. The molecule has 0 radical (unpaired) electrons. The van der Waals surface area contributed by atoms with E-state index in [-0.39, 0.29) is 12.2 Å². The molecule has 0 bridgehead atoms. The van der Waals surface area contributed by atoms with Gasteiger partial charge < -0.3 is 19.5 Å². The first-order chi connectivity index (χ1) is 10.3. The quantitative estimate of drug-likeness (QED) is 0.710. The second kappa shape index (κ2) is 8.37. The van der Waals surface area contributed by atoms with Crippen LogP contribution < -0.4 is 10.1 Å². The molecule has 21 heavy (non-hydrogen) atoms. The predicted molar refractivity (Wildman–Crippen MR) is 83.9 cm³/mol. The third-order valence-corrected chi connectivity index (χ3v) is 3.88. The molecule has 118 valence electrons. The van der Waals surface area contributed by atoms with E-state index in [0.717, 1.165) is 30.7 Å². The van der Waals surface area contributed by atoms with E-state index in [1.54, 1.807) is 7.11 Å². The van der Waals surface area contributed by atoms with E-state index >= 15 is 0 Å². The number of para-hydroxylation sites is 1. The van der Waals surface area contributed by atoms with Crippen molar-refractivity contribution in [3.63, 3.8) is 0 Å². The number of hydrogen-bond acceptors (Lipinski definition) is 4. The normalized spacial score (nSPS) is 24.6. The molecular formula is C17H27NO3. The lowest BCUT2D eigenvalue weighted by atomic mass is 9.85. The molecule has 0 aromatic heterocycles. The number of nitrogens with one attached hydrogen (secondary N) is 1. The fourth-order valence-electron chi connectivity index (χ4n) is 2.57. The van der Waals surface area contributed by atoms with E-state index in [1.807, 2.05) is 18.2 Å². The van der Waals surface area contributed by atoms with Gasteiger partial charge in [0, 0.05) is 19.6 Å². The summed E-state index contributed by atoms with van der Waals surface area (Å²) in [5.74, 6) is 0.955. The number of aryl methyl sites for hydroxylation is 1. The molecule has 4 heteroatoms. The summed E-state index contributed by atoms with van der Waals surface area (Å²) in [5.41, 5.74) is 1.16. The summed E-state index contributed by atoms with van der Waals surface area (Å²) in [6.45, 7) is 6.49. The molecular weight excluding hydrogens is 266 g/mol. The Kier molecular flexibility index (Phi) is 6.49. The minimum absolute atomic E-state index is 0.103. The average Bonchev–Trinajstić information content (AvgIpc) is 2.48. The molecule has 1 aliphatic rings.